The third kappa shape index (κ3) is 3.14. The summed E-state index contributed by atoms with van der Waals surface area (Å²) in [4.78, 5) is 5.49. The summed E-state index contributed by atoms with van der Waals surface area (Å²) in [5.74, 6) is 0.215. The van der Waals surface area contributed by atoms with E-state index < -0.39 is 0 Å². The zero-order valence-corrected chi connectivity index (χ0v) is 13.6. The Morgan fingerprint density at radius 1 is 0.958 bits per heavy atom. The van der Waals surface area contributed by atoms with E-state index in [0.717, 1.165) is 11.1 Å². The fourth-order valence-corrected chi connectivity index (χ4v) is 3.59. The predicted molar refractivity (Wildman–Crippen MR) is 95.8 cm³/mol. The highest BCUT2D eigenvalue weighted by molar-refractivity contribution is 7.22. The van der Waals surface area contributed by atoms with Gasteiger partial charge in [-0.05, 0) is 35.7 Å². The minimum absolute atomic E-state index is 0.301. The van der Waals surface area contributed by atoms with Crippen LogP contribution < -0.4 is 4.74 Å². The highest BCUT2D eigenvalue weighted by Crippen LogP contribution is 2.33. The average Bonchev–Trinajstić information content (AvgIpc) is 3.05. The zero-order chi connectivity index (χ0) is 16.4. The Bertz CT molecular complexity index is 963. The molecule has 0 N–H and O–H groups in total. The molecule has 0 saturated heterocycles. The Labute approximate surface area is 143 Å². The first-order valence-electron chi connectivity index (χ1n) is 7.59. The van der Waals surface area contributed by atoms with E-state index in [9.17, 15) is 4.39 Å². The summed E-state index contributed by atoms with van der Waals surface area (Å²) >= 11 is 1.75. The van der Waals surface area contributed by atoms with Crippen molar-refractivity contribution in [2.24, 2.45) is 0 Å². The fraction of sp³-hybridized carbons (Fsp3) is 0.0500. The van der Waals surface area contributed by atoms with Gasteiger partial charge in [0.15, 0.2) is 0 Å². The lowest BCUT2D eigenvalue weighted by Crippen LogP contribution is -1.96. The SMILES string of the molecule is Fc1cccc(OCc2cncc(-c3cc4ccccc4s3)c2)c1. The normalized spacial score (nSPS) is 10.9. The van der Waals surface area contributed by atoms with Gasteiger partial charge in [0.1, 0.15) is 18.2 Å². The van der Waals surface area contributed by atoms with Gasteiger partial charge in [0.05, 0.1) is 0 Å². The largest absolute Gasteiger partial charge is 0.489 e. The minimum atomic E-state index is -0.301. The second-order valence-electron chi connectivity index (χ2n) is 5.48. The molecule has 118 valence electrons. The van der Waals surface area contributed by atoms with Crippen LogP contribution in [0.4, 0.5) is 4.39 Å². The van der Waals surface area contributed by atoms with Gasteiger partial charge in [0.2, 0.25) is 0 Å². The Balaban J connectivity index is 1.57. The number of hydrogen-bond donors (Lipinski definition) is 0. The zero-order valence-electron chi connectivity index (χ0n) is 12.8. The molecule has 4 heteroatoms. The molecule has 2 heterocycles. The standard InChI is InChI=1S/C20H14FNOS/c21-17-5-3-6-18(10-17)23-13-14-8-16(12-22-11-14)20-9-15-4-1-2-7-19(15)24-20/h1-12H,13H2. The van der Waals surface area contributed by atoms with Gasteiger partial charge in [-0.3, -0.25) is 4.98 Å². The van der Waals surface area contributed by atoms with Crippen molar-refractivity contribution >= 4 is 21.4 Å². The van der Waals surface area contributed by atoms with E-state index >= 15 is 0 Å². The summed E-state index contributed by atoms with van der Waals surface area (Å²) < 4.78 is 20.1. The topological polar surface area (TPSA) is 22.1 Å². The van der Waals surface area contributed by atoms with Crippen molar-refractivity contribution in [3.05, 3.63) is 84.4 Å². The second kappa shape index (κ2) is 6.42. The predicted octanol–water partition coefficient (Wildman–Crippen LogP) is 5.68. The summed E-state index contributed by atoms with van der Waals surface area (Å²) in [6.45, 7) is 0.356. The van der Waals surface area contributed by atoms with E-state index in [-0.39, 0.29) is 5.82 Å². The van der Waals surface area contributed by atoms with Crippen LogP contribution in [0, 0.1) is 5.82 Å². The van der Waals surface area contributed by atoms with Gasteiger partial charge in [-0.1, -0.05) is 24.3 Å². The first kappa shape index (κ1) is 14.8. The van der Waals surface area contributed by atoms with E-state index in [0.29, 0.717) is 12.4 Å². The Hall–Kier alpha value is -2.72. The van der Waals surface area contributed by atoms with Crippen molar-refractivity contribution in [1.29, 1.82) is 0 Å². The summed E-state index contributed by atoms with van der Waals surface area (Å²) in [6.07, 6.45) is 3.63. The van der Waals surface area contributed by atoms with Crippen LogP contribution in [0.3, 0.4) is 0 Å². The summed E-state index contributed by atoms with van der Waals surface area (Å²) in [6, 6.07) is 18.7. The number of fused-ring (bicyclic) bond motifs is 1. The summed E-state index contributed by atoms with van der Waals surface area (Å²) in [5.41, 5.74) is 2.02. The molecular weight excluding hydrogens is 321 g/mol. The van der Waals surface area contributed by atoms with E-state index in [4.69, 9.17) is 4.74 Å². The van der Waals surface area contributed by atoms with Crippen molar-refractivity contribution in [2.75, 3.05) is 0 Å². The van der Waals surface area contributed by atoms with Gasteiger partial charge in [-0.15, -0.1) is 11.3 Å². The van der Waals surface area contributed by atoms with Crippen molar-refractivity contribution in [1.82, 2.24) is 4.98 Å². The van der Waals surface area contributed by atoms with E-state index in [2.05, 4.69) is 29.2 Å². The van der Waals surface area contributed by atoms with Crippen LogP contribution in [-0.4, -0.2) is 4.98 Å². The lowest BCUT2D eigenvalue weighted by Gasteiger charge is -2.07. The second-order valence-corrected chi connectivity index (χ2v) is 6.56. The maximum Gasteiger partial charge on any atom is 0.126 e. The van der Waals surface area contributed by atoms with Gasteiger partial charge in [0.25, 0.3) is 0 Å². The van der Waals surface area contributed by atoms with E-state index in [1.165, 1.54) is 27.1 Å². The van der Waals surface area contributed by atoms with Crippen molar-refractivity contribution in [3.63, 3.8) is 0 Å². The first-order chi connectivity index (χ1) is 11.8. The molecule has 0 bridgehead atoms. The average molecular weight is 335 g/mol. The summed E-state index contributed by atoms with van der Waals surface area (Å²) in [5, 5.41) is 1.24. The number of nitrogens with zero attached hydrogens (tertiary/aromatic N) is 1. The Morgan fingerprint density at radius 3 is 2.75 bits per heavy atom. The number of rotatable bonds is 4. The van der Waals surface area contributed by atoms with Crippen molar-refractivity contribution < 1.29 is 9.13 Å². The molecule has 0 unspecified atom stereocenters. The highest BCUT2D eigenvalue weighted by Gasteiger charge is 2.06. The van der Waals surface area contributed by atoms with Gasteiger partial charge < -0.3 is 4.74 Å². The quantitative estimate of drug-likeness (QED) is 0.478. The number of halogens is 1. The third-order valence-corrected chi connectivity index (χ3v) is 4.87. The van der Waals surface area contributed by atoms with Crippen LogP contribution in [0.25, 0.3) is 20.5 Å². The molecule has 0 atom stereocenters. The molecule has 0 aliphatic rings. The maximum absolute atomic E-state index is 13.2. The number of pyridine rings is 1. The van der Waals surface area contributed by atoms with Crippen LogP contribution >= 0.6 is 11.3 Å². The molecule has 0 amide bonds. The molecule has 2 aromatic carbocycles. The number of aromatic nitrogens is 1. The van der Waals surface area contributed by atoms with Crippen LogP contribution in [0.5, 0.6) is 5.75 Å². The van der Waals surface area contributed by atoms with Crippen LogP contribution in [-0.2, 0) is 6.61 Å². The molecule has 24 heavy (non-hydrogen) atoms. The third-order valence-electron chi connectivity index (χ3n) is 3.71. The van der Waals surface area contributed by atoms with Gasteiger partial charge in [-0.25, -0.2) is 4.39 Å². The van der Waals surface area contributed by atoms with E-state index in [1.807, 2.05) is 18.3 Å². The number of thiophene rings is 1. The minimum Gasteiger partial charge on any atom is -0.489 e. The van der Waals surface area contributed by atoms with E-state index in [1.54, 1.807) is 29.7 Å². The van der Waals surface area contributed by atoms with Crippen LogP contribution in [0.15, 0.2) is 73.1 Å². The molecule has 0 aliphatic heterocycles. The fourth-order valence-electron chi connectivity index (χ4n) is 2.55. The molecular formula is C20H14FNOS. The summed E-state index contributed by atoms with van der Waals surface area (Å²) in [7, 11) is 0. The molecule has 2 nitrogen and oxygen atoms in total. The smallest absolute Gasteiger partial charge is 0.126 e. The van der Waals surface area contributed by atoms with Crippen LogP contribution in [0.2, 0.25) is 0 Å². The molecule has 4 aromatic rings. The van der Waals surface area contributed by atoms with Gasteiger partial charge >= 0.3 is 0 Å². The van der Waals surface area contributed by atoms with Gasteiger partial charge in [0, 0.05) is 39.2 Å². The van der Waals surface area contributed by atoms with Crippen molar-refractivity contribution in [2.45, 2.75) is 6.61 Å². The van der Waals surface area contributed by atoms with Crippen LogP contribution in [0.1, 0.15) is 5.56 Å². The molecule has 0 saturated carbocycles. The molecule has 0 fully saturated rings. The molecule has 2 aromatic heterocycles. The lowest BCUT2D eigenvalue weighted by atomic mass is 10.1. The number of hydrogen-bond acceptors (Lipinski definition) is 3. The highest BCUT2D eigenvalue weighted by atomic mass is 32.1. The number of ether oxygens (including phenoxy) is 1. The molecule has 0 radical (unpaired) electrons. The molecule has 0 aliphatic carbocycles. The maximum atomic E-state index is 13.2. The lowest BCUT2D eigenvalue weighted by molar-refractivity contribution is 0.304. The monoisotopic (exact) mass is 335 g/mol. The molecule has 4 rings (SSSR count). The molecule has 0 spiro atoms. The van der Waals surface area contributed by atoms with Crippen molar-refractivity contribution in [3.8, 4) is 16.2 Å². The number of benzene rings is 2. The van der Waals surface area contributed by atoms with Gasteiger partial charge in [-0.2, -0.15) is 0 Å². The Kier molecular flexibility index (Phi) is 3.97. The first-order valence-corrected chi connectivity index (χ1v) is 8.41. The Morgan fingerprint density at radius 2 is 1.88 bits per heavy atom.